The van der Waals surface area contributed by atoms with Crippen molar-refractivity contribution < 1.29 is 9.53 Å². The quantitative estimate of drug-likeness (QED) is 0.775. The molecular weight excluding hydrogens is 292 g/mol. The molecule has 0 N–H and O–H groups in total. The summed E-state index contributed by atoms with van der Waals surface area (Å²) in [4.78, 5) is 17.7. The highest BCUT2D eigenvalue weighted by Crippen LogP contribution is 2.12. The summed E-state index contributed by atoms with van der Waals surface area (Å²) in [5, 5.41) is 8.75. The maximum atomic E-state index is 11.9. The van der Waals surface area contributed by atoms with Gasteiger partial charge in [0.05, 0.1) is 18.2 Å². The Morgan fingerprint density at radius 1 is 1.22 bits per heavy atom. The zero-order valence-corrected chi connectivity index (χ0v) is 13.9. The average Bonchev–Trinajstić information content (AvgIpc) is 2.59. The topological polar surface area (TPSA) is 59.8 Å². The Balaban J connectivity index is 1.62. The van der Waals surface area contributed by atoms with E-state index in [1.54, 1.807) is 31.1 Å². The highest BCUT2D eigenvalue weighted by atomic mass is 16.5. The van der Waals surface area contributed by atoms with Crippen molar-refractivity contribution in [2.24, 2.45) is 0 Å². The van der Waals surface area contributed by atoms with Gasteiger partial charge >= 0.3 is 6.03 Å². The molecule has 1 aromatic carbocycles. The van der Waals surface area contributed by atoms with Crippen molar-refractivity contribution in [3.05, 3.63) is 29.8 Å². The third-order valence-electron chi connectivity index (χ3n) is 3.90. The zero-order valence-electron chi connectivity index (χ0n) is 13.9. The monoisotopic (exact) mass is 316 g/mol. The molecule has 0 radical (unpaired) electrons. The van der Waals surface area contributed by atoms with E-state index in [9.17, 15) is 4.79 Å². The number of amides is 2. The SMILES string of the molecule is CN(C)C(=O)N1CCN(CCCOc2ccc(C#N)cc2)CC1. The standard InChI is InChI=1S/C17H24N4O2/c1-19(2)17(22)21-11-9-20(10-12-21)8-3-13-23-16-6-4-15(14-18)5-7-16/h4-7H,3,8-13H2,1-2H3. The van der Waals surface area contributed by atoms with Gasteiger partial charge in [-0.1, -0.05) is 0 Å². The van der Waals surface area contributed by atoms with Crippen LogP contribution in [-0.4, -0.2) is 74.2 Å². The van der Waals surface area contributed by atoms with Crippen molar-refractivity contribution in [3.8, 4) is 11.8 Å². The summed E-state index contributed by atoms with van der Waals surface area (Å²) < 4.78 is 5.68. The van der Waals surface area contributed by atoms with Gasteiger partial charge in [0.1, 0.15) is 5.75 Å². The first kappa shape index (κ1) is 17.1. The summed E-state index contributed by atoms with van der Waals surface area (Å²) in [6, 6.07) is 9.35. The number of nitriles is 1. The van der Waals surface area contributed by atoms with Crippen LogP contribution in [0.3, 0.4) is 0 Å². The van der Waals surface area contributed by atoms with E-state index in [1.165, 1.54) is 0 Å². The number of benzene rings is 1. The first-order chi connectivity index (χ1) is 11.1. The van der Waals surface area contributed by atoms with Gasteiger partial charge in [0.2, 0.25) is 0 Å². The predicted octanol–water partition coefficient (Wildman–Crippen LogP) is 1.63. The highest BCUT2D eigenvalue weighted by Gasteiger charge is 2.21. The lowest BCUT2D eigenvalue weighted by atomic mass is 10.2. The van der Waals surface area contributed by atoms with Crippen molar-refractivity contribution >= 4 is 6.03 Å². The van der Waals surface area contributed by atoms with E-state index in [1.807, 2.05) is 17.0 Å². The molecule has 2 amide bonds. The van der Waals surface area contributed by atoms with Crippen LogP contribution >= 0.6 is 0 Å². The van der Waals surface area contributed by atoms with Crippen LogP contribution in [0.5, 0.6) is 5.75 Å². The van der Waals surface area contributed by atoms with E-state index >= 15 is 0 Å². The summed E-state index contributed by atoms with van der Waals surface area (Å²) in [6.45, 7) is 5.02. The van der Waals surface area contributed by atoms with Crippen molar-refractivity contribution in [3.63, 3.8) is 0 Å². The first-order valence-corrected chi connectivity index (χ1v) is 7.91. The molecule has 1 aliphatic rings. The van der Waals surface area contributed by atoms with Gasteiger partial charge < -0.3 is 14.5 Å². The molecule has 1 aliphatic heterocycles. The van der Waals surface area contributed by atoms with Crippen molar-refractivity contribution in [1.29, 1.82) is 5.26 Å². The molecule has 1 saturated heterocycles. The fourth-order valence-electron chi connectivity index (χ4n) is 2.55. The van der Waals surface area contributed by atoms with Crippen molar-refractivity contribution in [2.75, 3.05) is 53.4 Å². The van der Waals surface area contributed by atoms with Crippen LogP contribution in [0.2, 0.25) is 0 Å². The molecule has 1 fully saturated rings. The Bertz CT molecular complexity index is 543. The number of carbonyl (C=O) groups excluding carboxylic acids is 1. The summed E-state index contributed by atoms with van der Waals surface area (Å²) in [5.74, 6) is 0.797. The second-order valence-electron chi connectivity index (χ2n) is 5.84. The molecule has 0 saturated carbocycles. The summed E-state index contributed by atoms with van der Waals surface area (Å²) >= 11 is 0. The van der Waals surface area contributed by atoms with Crippen LogP contribution in [0.1, 0.15) is 12.0 Å². The van der Waals surface area contributed by atoms with Crippen LogP contribution in [0.25, 0.3) is 0 Å². The fourth-order valence-corrected chi connectivity index (χ4v) is 2.55. The van der Waals surface area contributed by atoms with Gasteiger partial charge in [0.25, 0.3) is 0 Å². The van der Waals surface area contributed by atoms with Gasteiger partial charge in [-0.3, -0.25) is 4.90 Å². The Morgan fingerprint density at radius 2 is 1.87 bits per heavy atom. The number of urea groups is 1. The molecule has 0 unspecified atom stereocenters. The molecule has 0 atom stereocenters. The molecule has 124 valence electrons. The molecule has 2 rings (SSSR count). The molecule has 0 aromatic heterocycles. The number of piperazine rings is 1. The van der Waals surface area contributed by atoms with Crippen LogP contribution in [0, 0.1) is 11.3 Å². The molecule has 1 aromatic rings. The molecular formula is C17H24N4O2. The van der Waals surface area contributed by atoms with Gasteiger partial charge in [-0.05, 0) is 30.7 Å². The summed E-state index contributed by atoms with van der Waals surface area (Å²) in [5.41, 5.74) is 0.641. The second-order valence-corrected chi connectivity index (χ2v) is 5.84. The lowest BCUT2D eigenvalue weighted by molar-refractivity contribution is 0.119. The molecule has 0 aliphatic carbocycles. The minimum absolute atomic E-state index is 0.0915. The van der Waals surface area contributed by atoms with Gasteiger partial charge in [-0.15, -0.1) is 0 Å². The Labute approximate surface area is 137 Å². The van der Waals surface area contributed by atoms with E-state index in [4.69, 9.17) is 10.00 Å². The largest absolute Gasteiger partial charge is 0.494 e. The predicted molar refractivity (Wildman–Crippen MR) is 88.4 cm³/mol. The maximum absolute atomic E-state index is 11.9. The molecule has 0 bridgehead atoms. The number of rotatable bonds is 5. The van der Waals surface area contributed by atoms with Crippen LogP contribution in [0.15, 0.2) is 24.3 Å². The zero-order chi connectivity index (χ0) is 16.7. The summed E-state index contributed by atoms with van der Waals surface area (Å²) in [7, 11) is 3.57. The lowest BCUT2D eigenvalue weighted by Crippen LogP contribution is -2.51. The molecule has 6 heteroatoms. The van der Waals surface area contributed by atoms with Gasteiger partial charge in [0, 0.05) is 46.8 Å². The lowest BCUT2D eigenvalue weighted by Gasteiger charge is -2.35. The smallest absolute Gasteiger partial charge is 0.319 e. The number of carbonyl (C=O) groups is 1. The van der Waals surface area contributed by atoms with Gasteiger partial charge in [-0.2, -0.15) is 5.26 Å². The van der Waals surface area contributed by atoms with Gasteiger partial charge in [-0.25, -0.2) is 4.79 Å². The normalized spacial score (nSPS) is 15.1. The third kappa shape index (κ3) is 5.15. The minimum Gasteiger partial charge on any atom is -0.494 e. The van der Waals surface area contributed by atoms with Gasteiger partial charge in [0.15, 0.2) is 0 Å². The first-order valence-electron chi connectivity index (χ1n) is 7.91. The number of hydrogen-bond donors (Lipinski definition) is 0. The van der Waals surface area contributed by atoms with Crippen LogP contribution < -0.4 is 4.74 Å². The Hall–Kier alpha value is -2.26. The van der Waals surface area contributed by atoms with E-state index < -0.39 is 0 Å². The van der Waals surface area contributed by atoms with Crippen molar-refractivity contribution in [1.82, 2.24) is 14.7 Å². The Morgan fingerprint density at radius 3 is 2.43 bits per heavy atom. The second kappa shape index (κ2) is 8.39. The van der Waals surface area contributed by atoms with Crippen molar-refractivity contribution in [2.45, 2.75) is 6.42 Å². The minimum atomic E-state index is 0.0915. The fraction of sp³-hybridized carbons (Fsp3) is 0.529. The van der Waals surface area contributed by atoms with E-state index in [0.717, 1.165) is 44.9 Å². The van der Waals surface area contributed by atoms with Crippen LogP contribution in [0.4, 0.5) is 4.79 Å². The van der Waals surface area contributed by atoms with E-state index in [0.29, 0.717) is 12.2 Å². The van der Waals surface area contributed by atoms with E-state index in [2.05, 4.69) is 11.0 Å². The molecule has 23 heavy (non-hydrogen) atoms. The molecule has 0 spiro atoms. The summed E-state index contributed by atoms with van der Waals surface area (Å²) in [6.07, 6.45) is 0.946. The average molecular weight is 316 g/mol. The third-order valence-corrected chi connectivity index (χ3v) is 3.90. The number of ether oxygens (including phenoxy) is 1. The molecule has 6 nitrogen and oxygen atoms in total. The highest BCUT2D eigenvalue weighted by molar-refractivity contribution is 5.73. The maximum Gasteiger partial charge on any atom is 0.319 e. The Kier molecular flexibility index (Phi) is 6.24. The van der Waals surface area contributed by atoms with Crippen LogP contribution in [-0.2, 0) is 0 Å². The van der Waals surface area contributed by atoms with E-state index in [-0.39, 0.29) is 6.03 Å². The number of hydrogen-bond acceptors (Lipinski definition) is 4. The number of nitrogens with zero attached hydrogens (tertiary/aromatic N) is 4. The molecule has 1 heterocycles.